The van der Waals surface area contributed by atoms with Gasteiger partial charge in [-0.25, -0.2) is 4.68 Å². The first-order valence-corrected chi connectivity index (χ1v) is 7.56. The molecule has 0 aromatic carbocycles. The van der Waals surface area contributed by atoms with E-state index in [1.165, 1.54) is 12.8 Å². The van der Waals surface area contributed by atoms with E-state index >= 15 is 0 Å². The first-order valence-electron chi connectivity index (χ1n) is 7.56. The van der Waals surface area contributed by atoms with Crippen molar-refractivity contribution in [1.29, 1.82) is 0 Å². The summed E-state index contributed by atoms with van der Waals surface area (Å²) >= 11 is 0. The summed E-state index contributed by atoms with van der Waals surface area (Å²) in [4.78, 5) is 12.0. The summed E-state index contributed by atoms with van der Waals surface area (Å²) in [6.45, 7) is 3.17. The van der Waals surface area contributed by atoms with Crippen molar-refractivity contribution >= 4 is 5.91 Å². The lowest BCUT2D eigenvalue weighted by Crippen LogP contribution is -2.39. The van der Waals surface area contributed by atoms with Gasteiger partial charge in [-0.2, -0.15) is 0 Å². The molecule has 0 bridgehead atoms. The summed E-state index contributed by atoms with van der Waals surface area (Å²) in [6, 6.07) is 0.332. The number of carbonyl (C=O) groups is 1. The van der Waals surface area contributed by atoms with Crippen LogP contribution in [0.1, 0.15) is 44.7 Å². The number of rotatable bonds is 6. The molecule has 0 saturated heterocycles. The first-order chi connectivity index (χ1) is 9.67. The molecule has 20 heavy (non-hydrogen) atoms. The third-order valence-corrected chi connectivity index (χ3v) is 3.91. The molecule has 0 spiro atoms. The number of nitrogens with one attached hydrogen (secondary N) is 1. The molecule has 1 aromatic rings. The van der Waals surface area contributed by atoms with Gasteiger partial charge in [0.25, 0.3) is 0 Å². The number of hydrogen-bond acceptors (Lipinski definition) is 4. The van der Waals surface area contributed by atoms with Gasteiger partial charge in [0.05, 0.1) is 5.69 Å². The fraction of sp³-hybridized carbons (Fsp3) is 0.786. The molecule has 0 unspecified atom stereocenters. The van der Waals surface area contributed by atoms with Crippen LogP contribution >= 0.6 is 0 Å². The first kappa shape index (κ1) is 15.0. The van der Waals surface area contributed by atoms with Gasteiger partial charge >= 0.3 is 0 Å². The summed E-state index contributed by atoms with van der Waals surface area (Å²) < 4.78 is 1.60. The molecule has 0 aliphatic heterocycles. The van der Waals surface area contributed by atoms with Crippen LogP contribution < -0.4 is 11.1 Å². The minimum atomic E-state index is 0.0276. The fourth-order valence-corrected chi connectivity index (χ4v) is 2.64. The Morgan fingerprint density at radius 1 is 1.45 bits per heavy atom. The van der Waals surface area contributed by atoms with E-state index in [1.54, 1.807) is 4.68 Å². The molecular formula is C14H25N5O. The van der Waals surface area contributed by atoms with E-state index < -0.39 is 0 Å². The van der Waals surface area contributed by atoms with Crippen LogP contribution in [-0.4, -0.2) is 33.5 Å². The van der Waals surface area contributed by atoms with Gasteiger partial charge < -0.3 is 11.1 Å². The summed E-state index contributed by atoms with van der Waals surface area (Å²) in [7, 11) is 0. The van der Waals surface area contributed by atoms with Gasteiger partial charge in [0.2, 0.25) is 5.91 Å². The molecule has 6 nitrogen and oxygen atoms in total. The van der Waals surface area contributed by atoms with E-state index in [4.69, 9.17) is 5.73 Å². The van der Waals surface area contributed by atoms with Gasteiger partial charge in [0.1, 0.15) is 6.54 Å². The lowest BCUT2D eigenvalue weighted by molar-refractivity contribution is -0.122. The topological polar surface area (TPSA) is 85.8 Å². The van der Waals surface area contributed by atoms with Crippen LogP contribution in [0.15, 0.2) is 6.20 Å². The SMILES string of the molecule is CC1CCC(NC(=O)Cn2cc(CCCN)nn2)CC1. The Morgan fingerprint density at radius 3 is 2.90 bits per heavy atom. The van der Waals surface area contributed by atoms with Crippen LogP contribution in [0.3, 0.4) is 0 Å². The van der Waals surface area contributed by atoms with E-state index in [9.17, 15) is 4.79 Å². The molecule has 1 fully saturated rings. The highest BCUT2D eigenvalue weighted by atomic mass is 16.2. The Kier molecular flexibility index (Phi) is 5.52. The van der Waals surface area contributed by atoms with Crippen molar-refractivity contribution in [3.8, 4) is 0 Å². The summed E-state index contributed by atoms with van der Waals surface area (Å²) in [6.07, 6.45) is 8.13. The molecule has 0 atom stereocenters. The molecule has 1 heterocycles. The molecule has 0 radical (unpaired) electrons. The van der Waals surface area contributed by atoms with E-state index in [0.29, 0.717) is 12.6 Å². The molecule has 6 heteroatoms. The van der Waals surface area contributed by atoms with E-state index in [-0.39, 0.29) is 12.5 Å². The number of aryl methyl sites for hydroxylation is 1. The molecule has 3 N–H and O–H groups in total. The molecule has 1 saturated carbocycles. The lowest BCUT2D eigenvalue weighted by atomic mass is 9.87. The number of carbonyl (C=O) groups excluding carboxylic acids is 1. The number of nitrogens with two attached hydrogens (primary N) is 1. The zero-order chi connectivity index (χ0) is 14.4. The highest BCUT2D eigenvalue weighted by molar-refractivity contribution is 5.75. The lowest BCUT2D eigenvalue weighted by Gasteiger charge is -2.26. The average Bonchev–Trinajstić information content (AvgIpc) is 2.86. The predicted molar refractivity (Wildman–Crippen MR) is 77.0 cm³/mol. The zero-order valence-corrected chi connectivity index (χ0v) is 12.2. The minimum Gasteiger partial charge on any atom is -0.352 e. The van der Waals surface area contributed by atoms with E-state index in [2.05, 4.69) is 22.6 Å². The number of amides is 1. The van der Waals surface area contributed by atoms with Crippen molar-refractivity contribution in [2.24, 2.45) is 11.7 Å². The summed E-state index contributed by atoms with van der Waals surface area (Å²) in [5.41, 5.74) is 6.36. The largest absolute Gasteiger partial charge is 0.352 e. The van der Waals surface area contributed by atoms with Crippen molar-refractivity contribution in [3.05, 3.63) is 11.9 Å². The Morgan fingerprint density at radius 2 is 2.20 bits per heavy atom. The second-order valence-corrected chi connectivity index (χ2v) is 5.82. The Balaban J connectivity index is 1.75. The Labute approximate surface area is 120 Å². The maximum Gasteiger partial charge on any atom is 0.242 e. The fourth-order valence-electron chi connectivity index (χ4n) is 2.64. The molecule has 1 aromatic heterocycles. The van der Waals surface area contributed by atoms with Gasteiger partial charge in [-0.15, -0.1) is 5.10 Å². The van der Waals surface area contributed by atoms with Gasteiger partial charge in [0.15, 0.2) is 0 Å². The molecule has 1 amide bonds. The third-order valence-electron chi connectivity index (χ3n) is 3.91. The van der Waals surface area contributed by atoms with Crippen molar-refractivity contribution in [2.75, 3.05) is 6.54 Å². The molecule has 1 aliphatic carbocycles. The van der Waals surface area contributed by atoms with Crippen LogP contribution in [0.25, 0.3) is 0 Å². The van der Waals surface area contributed by atoms with Crippen LogP contribution in [-0.2, 0) is 17.8 Å². The van der Waals surface area contributed by atoms with Crippen molar-refractivity contribution in [2.45, 2.75) is 58.0 Å². The monoisotopic (exact) mass is 279 g/mol. The van der Waals surface area contributed by atoms with Crippen LogP contribution in [0.5, 0.6) is 0 Å². The summed E-state index contributed by atoms with van der Waals surface area (Å²) in [5.74, 6) is 0.823. The Hall–Kier alpha value is -1.43. The normalized spacial score (nSPS) is 22.7. The van der Waals surface area contributed by atoms with Crippen LogP contribution in [0.2, 0.25) is 0 Å². The second kappa shape index (κ2) is 7.38. The van der Waals surface area contributed by atoms with E-state index in [1.807, 2.05) is 6.20 Å². The maximum atomic E-state index is 12.0. The van der Waals surface area contributed by atoms with Crippen LogP contribution in [0.4, 0.5) is 0 Å². The minimum absolute atomic E-state index is 0.0276. The van der Waals surface area contributed by atoms with Gasteiger partial charge in [-0.1, -0.05) is 12.1 Å². The molecule has 112 valence electrons. The van der Waals surface area contributed by atoms with Gasteiger partial charge in [0, 0.05) is 12.2 Å². The third kappa shape index (κ3) is 4.59. The number of aromatic nitrogens is 3. The van der Waals surface area contributed by atoms with Gasteiger partial charge in [-0.3, -0.25) is 4.79 Å². The molecule has 2 rings (SSSR count). The number of hydrogen-bond donors (Lipinski definition) is 2. The predicted octanol–water partition coefficient (Wildman–Crippen LogP) is 0.864. The smallest absolute Gasteiger partial charge is 0.242 e. The van der Waals surface area contributed by atoms with Crippen molar-refractivity contribution in [3.63, 3.8) is 0 Å². The highest BCUT2D eigenvalue weighted by Crippen LogP contribution is 2.23. The molecular weight excluding hydrogens is 254 g/mol. The quantitative estimate of drug-likeness (QED) is 0.809. The van der Waals surface area contributed by atoms with Gasteiger partial charge in [-0.05, 0) is 51.0 Å². The second-order valence-electron chi connectivity index (χ2n) is 5.82. The zero-order valence-electron chi connectivity index (χ0n) is 12.2. The standard InChI is InChI=1S/C14H25N5O/c1-11-4-6-12(7-5-11)16-14(20)10-19-9-13(17-18-19)3-2-8-15/h9,11-12H,2-8,10,15H2,1H3,(H,16,20). The average molecular weight is 279 g/mol. The van der Waals surface area contributed by atoms with Crippen LogP contribution in [0, 0.1) is 5.92 Å². The number of nitrogens with zero attached hydrogens (tertiary/aromatic N) is 3. The summed E-state index contributed by atoms with van der Waals surface area (Å²) in [5, 5.41) is 11.1. The highest BCUT2D eigenvalue weighted by Gasteiger charge is 2.19. The van der Waals surface area contributed by atoms with E-state index in [0.717, 1.165) is 37.3 Å². The maximum absolute atomic E-state index is 12.0. The van der Waals surface area contributed by atoms with Crippen molar-refractivity contribution in [1.82, 2.24) is 20.3 Å². The Bertz CT molecular complexity index is 423. The molecule has 1 aliphatic rings. The van der Waals surface area contributed by atoms with Crippen molar-refractivity contribution < 1.29 is 4.79 Å².